The fourth-order valence-electron chi connectivity index (χ4n) is 2.55. The zero-order valence-corrected chi connectivity index (χ0v) is 15.1. The molecule has 0 bridgehead atoms. The van der Waals surface area contributed by atoms with Crippen molar-refractivity contribution in [2.24, 2.45) is 0 Å². The summed E-state index contributed by atoms with van der Waals surface area (Å²) >= 11 is 1.47. The van der Waals surface area contributed by atoms with E-state index < -0.39 is 0 Å². The van der Waals surface area contributed by atoms with E-state index in [4.69, 9.17) is 0 Å². The maximum absolute atomic E-state index is 12.3. The molecule has 0 aliphatic rings. The molecule has 2 aromatic carbocycles. The Labute approximate surface area is 151 Å². The van der Waals surface area contributed by atoms with Crippen LogP contribution in [0.3, 0.4) is 0 Å². The average molecular weight is 352 g/mol. The zero-order valence-electron chi connectivity index (χ0n) is 14.3. The number of aromatic nitrogens is 3. The number of thioether (sulfide) groups is 1. The molecule has 0 spiro atoms. The molecule has 0 aliphatic heterocycles. The monoisotopic (exact) mass is 352 g/mol. The Morgan fingerprint density at radius 3 is 2.20 bits per heavy atom. The summed E-state index contributed by atoms with van der Waals surface area (Å²) in [5.41, 5.74) is 2.17. The Balaban J connectivity index is 1.94. The van der Waals surface area contributed by atoms with Crippen molar-refractivity contribution in [1.29, 1.82) is 0 Å². The van der Waals surface area contributed by atoms with Crippen molar-refractivity contribution in [3.8, 4) is 0 Å². The summed E-state index contributed by atoms with van der Waals surface area (Å²) in [6, 6.07) is 20.0. The van der Waals surface area contributed by atoms with E-state index in [-0.39, 0.29) is 5.91 Å². The van der Waals surface area contributed by atoms with Gasteiger partial charge >= 0.3 is 0 Å². The quantitative estimate of drug-likeness (QED) is 0.636. The lowest BCUT2D eigenvalue weighted by Gasteiger charge is -2.20. The molecular formula is C19H20N4OS. The number of amides is 1. The maximum atomic E-state index is 12.3. The fraction of sp³-hybridized carbons (Fsp3) is 0.211. The van der Waals surface area contributed by atoms with Crippen molar-refractivity contribution in [2.45, 2.75) is 25.2 Å². The van der Waals surface area contributed by atoms with Crippen LogP contribution >= 0.6 is 11.8 Å². The predicted molar refractivity (Wildman–Crippen MR) is 101 cm³/mol. The number of carbonyl (C=O) groups excluding carboxylic acids is 1. The van der Waals surface area contributed by atoms with E-state index >= 15 is 0 Å². The van der Waals surface area contributed by atoms with Crippen LogP contribution in [0, 0.1) is 0 Å². The Morgan fingerprint density at radius 1 is 1.04 bits per heavy atom. The Bertz CT molecular complexity index is 833. The molecule has 128 valence electrons. The van der Waals surface area contributed by atoms with Crippen LogP contribution in [-0.2, 0) is 17.9 Å². The van der Waals surface area contributed by atoms with Crippen LogP contribution in [0.2, 0.25) is 0 Å². The molecule has 0 aliphatic carbocycles. The molecule has 0 saturated carbocycles. The lowest BCUT2D eigenvalue weighted by atomic mass is 10.2. The van der Waals surface area contributed by atoms with Crippen LogP contribution < -0.4 is 4.90 Å². The number of carbonyl (C=O) groups is 1. The van der Waals surface area contributed by atoms with Crippen LogP contribution in [0.4, 0.5) is 5.95 Å². The van der Waals surface area contributed by atoms with Crippen LogP contribution in [0.25, 0.3) is 0 Å². The van der Waals surface area contributed by atoms with E-state index in [1.54, 1.807) is 16.5 Å². The van der Waals surface area contributed by atoms with Crippen molar-refractivity contribution in [3.05, 3.63) is 71.8 Å². The SMILES string of the molecule is CSc1nc(N(Cc2ccccc2)C(C)=O)n(Cc2ccccc2)n1. The highest BCUT2D eigenvalue weighted by Crippen LogP contribution is 2.21. The van der Waals surface area contributed by atoms with Crippen molar-refractivity contribution in [1.82, 2.24) is 14.8 Å². The standard InChI is InChI=1S/C19H20N4OS/c1-15(24)22(13-16-9-5-3-6-10-16)19-20-18(25-2)21-23(19)14-17-11-7-4-8-12-17/h3-12H,13-14H2,1-2H3. The van der Waals surface area contributed by atoms with Gasteiger partial charge in [-0.1, -0.05) is 72.4 Å². The van der Waals surface area contributed by atoms with Gasteiger partial charge in [0.1, 0.15) is 0 Å². The van der Waals surface area contributed by atoms with Gasteiger partial charge in [-0.15, -0.1) is 5.10 Å². The van der Waals surface area contributed by atoms with Gasteiger partial charge in [0.15, 0.2) is 0 Å². The Hall–Kier alpha value is -2.60. The number of hydrogen-bond acceptors (Lipinski definition) is 4. The summed E-state index contributed by atoms with van der Waals surface area (Å²) in [5, 5.41) is 5.20. The molecule has 0 N–H and O–H groups in total. The number of benzene rings is 2. The molecule has 0 radical (unpaired) electrons. The van der Waals surface area contributed by atoms with Crippen molar-refractivity contribution in [2.75, 3.05) is 11.2 Å². The maximum Gasteiger partial charge on any atom is 0.232 e. The fourth-order valence-corrected chi connectivity index (χ4v) is 2.90. The first-order valence-electron chi connectivity index (χ1n) is 8.02. The van der Waals surface area contributed by atoms with Gasteiger partial charge in [-0.05, 0) is 17.4 Å². The van der Waals surface area contributed by atoms with Crippen LogP contribution in [0.15, 0.2) is 65.8 Å². The van der Waals surface area contributed by atoms with Gasteiger partial charge < -0.3 is 0 Å². The molecule has 1 heterocycles. The first kappa shape index (κ1) is 17.2. The second-order valence-corrected chi connectivity index (χ2v) is 6.41. The summed E-state index contributed by atoms with van der Waals surface area (Å²) in [6.45, 7) is 2.60. The molecule has 1 amide bonds. The molecule has 0 saturated heterocycles. The molecular weight excluding hydrogens is 332 g/mol. The van der Waals surface area contributed by atoms with Gasteiger partial charge in [-0.3, -0.25) is 9.69 Å². The first-order chi connectivity index (χ1) is 12.2. The van der Waals surface area contributed by atoms with E-state index in [1.807, 2.05) is 66.9 Å². The summed E-state index contributed by atoms with van der Waals surface area (Å²) in [5.74, 6) is 0.516. The summed E-state index contributed by atoms with van der Waals surface area (Å²) in [4.78, 5) is 18.5. The van der Waals surface area contributed by atoms with Crippen molar-refractivity contribution in [3.63, 3.8) is 0 Å². The Kier molecular flexibility index (Phi) is 5.50. The van der Waals surface area contributed by atoms with Crippen molar-refractivity contribution >= 4 is 23.6 Å². The van der Waals surface area contributed by atoms with Gasteiger partial charge in [0.05, 0.1) is 13.1 Å². The lowest BCUT2D eigenvalue weighted by Crippen LogP contribution is -2.31. The van der Waals surface area contributed by atoms with Gasteiger partial charge in [0, 0.05) is 6.92 Å². The van der Waals surface area contributed by atoms with Gasteiger partial charge in [0.25, 0.3) is 0 Å². The smallest absolute Gasteiger partial charge is 0.232 e. The molecule has 3 aromatic rings. The van der Waals surface area contributed by atoms with Crippen LogP contribution in [0.1, 0.15) is 18.1 Å². The lowest BCUT2D eigenvalue weighted by molar-refractivity contribution is -0.116. The van der Waals surface area contributed by atoms with Gasteiger partial charge in [-0.2, -0.15) is 4.98 Å². The minimum absolute atomic E-state index is 0.0572. The highest BCUT2D eigenvalue weighted by Gasteiger charge is 2.20. The van der Waals surface area contributed by atoms with E-state index in [9.17, 15) is 4.79 Å². The van der Waals surface area contributed by atoms with E-state index in [2.05, 4.69) is 10.1 Å². The number of rotatable bonds is 6. The third kappa shape index (κ3) is 4.28. The van der Waals surface area contributed by atoms with Crippen LogP contribution in [0.5, 0.6) is 0 Å². The Morgan fingerprint density at radius 2 is 1.64 bits per heavy atom. The van der Waals surface area contributed by atoms with Gasteiger partial charge in [-0.25, -0.2) is 4.68 Å². The average Bonchev–Trinajstić information content (AvgIpc) is 3.04. The summed E-state index contributed by atoms with van der Waals surface area (Å²) < 4.78 is 1.80. The molecule has 0 unspecified atom stereocenters. The van der Waals surface area contributed by atoms with E-state index in [0.717, 1.165) is 11.1 Å². The summed E-state index contributed by atoms with van der Waals surface area (Å²) in [6.07, 6.45) is 1.93. The van der Waals surface area contributed by atoms with E-state index in [0.29, 0.717) is 24.2 Å². The molecule has 0 fully saturated rings. The topological polar surface area (TPSA) is 51.0 Å². The second kappa shape index (κ2) is 7.98. The molecule has 5 nitrogen and oxygen atoms in total. The minimum atomic E-state index is -0.0572. The molecule has 0 atom stereocenters. The normalized spacial score (nSPS) is 10.6. The third-order valence-corrected chi connectivity index (χ3v) is 4.33. The largest absolute Gasteiger partial charge is 0.277 e. The molecule has 3 rings (SSSR count). The minimum Gasteiger partial charge on any atom is -0.277 e. The van der Waals surface area contributed by atoms with Crippen molar-refractivity contribution < 1.29 is 4.79 Å². The van der Waals surface area contributed by atoms with Gasteiger partial charge in [0.2, 0.25) is 17.0 Å². The number of anilines is 1. The highest BCUT2D eigenvalue weighted by molar-refractivity contribution is 7.98. The second-order valence-electron chi connectivity index (χ2n) is 5.63. The number of nitrogens with zero attached hydrogens (tertiary/aromatic N) is 4. The number of hydrogen-bond donors (Lipinski definition) is 0. The predicted octanol–water partition coefficient (Wildman–Crippen LogP) is 3.60. The first-order valence-corrected chi connectivity index (χ1v) is 9.24. The molecule has 25 heavy (non-hydrogen) atoms. The summed E-state index contributed by atoms with van der Waals surface area (Å²) in [7, 11) is 0. The third-order valence-electron chi connectivity index (χ3n) is 3.80. The molecule has 6 heteroatoms. The highest BCUT2D eigenvalue weighted by atomic mass is 32.2. The van der Waals surface area contributed by atoms with Crippen LogP contribution in [-0.4, -0.2) is 26.9 Å². The molecule has 1 aromatic heterocycles. The zero-order chi connectivity index (χ0) is 17.6. The van der Waals surface area contributed by atoms with E-state index in [1.165, 1.54) is 11.8 Å².